The number of aliphatic imine (C=N–C) groups is 1. The second-order valence-corrected chi connectivity index (χ2v) is 3.21. The predicted octanol–water partition coefficient (Wildman–Crippen LogP) is 2.64. The van der Waals surface area contributed by atoms with Gasteiger partial charge in [-0.3, -0.25) is 4.99 Å². The van der Waals surface area contributed by atoms with E-state index < -0.39 is 0 Å². The fourth-order valence-electron chi connectivity index (χ4n) is 0.980. The molecule has 0 saturated heterocycles. The minimum absolute atomic E-state index is 0.963. The molecule has 0 aromatic heterocycles. The van der Waals surface area contributed by atoms with E-state index in [9.17, 15) is 0 Å². The van der Waals surface area contributed by atoms with Crippen molar-refractivity contribution in [3.05, 3.63) is 23.4 Å². The molecule has 0 atom stereocenters. The summed E-state index contributed by atoms with van der Waals surface area (Å²) in [5.41, 5.74) is 3.41. The van der Waals surface area contributed by atoms with Crippen LogP contribution in [0.15, 0.2) is 32.8 Å². The molecular weight excluding hydrogens is 168 g/mol. The van der Waals surface area contributed by atoms with E-state index in [1.54, 1.807) is 12.4 Å². The first-order valence-corrected chi connectivity index (χ1v) is 4.92. The molecule has 0 fully saturated rings. The molecule has 0 spiro atoms. The van der Waals surface area contributed by atoms with Gasteiger partial charge in [-0.1, -0.05) is 5.57 Å². The number of nitrogens with zero attached hydrogens (tertiary/aromatic N) is 2. The Morgan fingerprint density at radius 1 is 1.50 bits per heavy atom. The maximum absolute atomic E-state index is 4.26. The van der Waals surface area contributed by atoms with Crippen molar-refractivity contribution in [3.8, 4) is 0 Å². The van der Waals surface area contributed by atoms with Crippen LogP contribution in [0.25, 0.3) is 0 Å². The van der Waals surface area contributed by atoms with Gasteiger partial charge < -0.3 is 0 Å². The lowest BCUT2D eigenvalue weighted by Crippen LogP contribution is -2.06. The first-order valence-electron chi connectivity index (χ1n) is 3.74. The van der Waals surface area contributed by atoms with Gasteiger partial charge in [0, 0.05) is 18.0 Å². The predicted molar refractivity (Wildman–Crippen MR) is 57.0 cm³/mol. The van der Waals surface area contributed by atoms with E-state index in [0.29, 0.717) is 0 Å². The summed E-state index contributed by atoms with van der Waals surface area (Å²) in [6, 6.07) is 0. The molecular formula is C9H12N2S. The lowest BCUT2D eigenvalue weighted by Gasteiger charge is -2.06. The molecule has 2 nitrogen and oxygen atoms in total. The van der Waals surface area contributed by atoms with Gasteiger partial charge in [0.2, 0.25) is 0 Å². The van der Waals surface area contributed by atoms with Gasteiger partial charge in [0.1, 0.15) is 0 Å². The summed E-state index contributed by atoms with van der Waals surface area (Å²) in [6.07, 6.45) is 7.52. The van der Waals surface area contributed by atoms with Crippen LogP contribution in [0.4, 0.5) is 0 Å². The highest BCUT2D eigenvalue weighted by Gasteiger charge is 2.05. The van der Waals surface area contributed by atoms with Gasteiger partial charge in [-0.15, -0.1) is 0 Å². The van der Waals surface area contributed by atoms with E-state index in [1.165, 1.54) is 23.1 Å². The van der Waals surface area contributed by atoms with Gasteiger partial charge in [-0.25, -0.2) is 4.40 Å². The van der Waals surface area contributed by atoms with Crippen LogP contribution in [0.5, 0.6) is 0 Å². The maximum Gasteiger partial charge on any atom is 0.0967 e. The monoisotopic (exact) mass is 180 g/mol. The van der Waals surface area contributed by atoms with Crippen LogP contribution in [0.3, 0.4) is 0 Å². The maximum atomic E-state index is 4.26. The van der Waals surface area contributed by atoms with Crippen LogP contribution in [0, 0.1) is 0 Å². The summed E-state index contributed by atoms with van der Waals surface area (Å²) >= 11 is 1.46. The Labute approximate surface area is 77.3 Å². The fraction of sp³-hybridized carbons (Fsp3) is 0.333. The zero-order valence-electron chi connectivity index (χ0n) is 7.53. The van der Waals surface area contributed by atoms with Crippen molar-refractivity contribution in [2.24, 2.45) is 9.39 Å². The fourth-order valence-corrected chi connectivity index (χ4v) is 1.32. The Balaban J connectivity index is 3.02. The van der Waals surface area contributed by atoms with Crippen LogP contribution < -0.4 is 0 Å². The van der Waals surface area contributed by atoms with Crippen molar-refractivity contribution in [3.63, 3.8) is 0 Å². The summed E-state index contributed by atoms with van der Waals surface area (Å²) in [5, 5.41) is 0. The lowest BCUT2D eigenvalue weighted by atomic mass is 10.1. The zero-order chi connectivity index (χ0) is 8.97. The van der Waals surface area contributed by atoms with Crippen molar-refractivity contribution < 1.29 is 0 Å². The second kappa shape index (κ2) is 4.26. The van der Waals surface area contributed by atoms with E-state index >= 15 is 0 Å². The van der Waals surface area contributed by atoms with E-state index in [1.807, 2.05) is 12.3 Å². The SMILES string of the molecule is CSN=C1C=NC=CC1=C(C)C. The summed E-state index contributed by atoms with van der Waals surface area (Å²) in [5.74, 6) is 0. The quantitative estimate of drug-likeness (QED) is 0.569. The van der Waals surface area contributed by atoms with Crippen molar-refractivity contribution in [1.29, 1.82) is 0 Å². The van der Waals surface area contributed by atoms with Crippen LogP contribution in [0.1, 0.15) is 13.8 Å². The molecule has 3 heteroatoms. The van der Waals surface area contributed by atoms with E-state index in [0.717, 1.165) is 5.71 Å². The van der Waals surface area contributed by atoms with Crippen molar-refractivity contribution in [2.75, 3.05) is 6.26 Å². The van der Waals surface area contributed by atoms with Crippen LogP contribution in [-0.2, 0) is 0 Å². The third kappa shape index (κ3) is 2.08. The van der Waals surface area contributed by atoms with Gasteiger partial charge in [0.15, 0.2) is 0 Å². The van der Waals surface area contributed by atoms with Gasteiger partial charge in [-0.05, 0) is 31.9 Å². The van der Waals surface area contributed by atoms with Gasteiger partial charge >= 0.3 is 0 Å². The van der Waals surface area contributed by atoms with Crippen LogP contribution in [-0.4, -0.2) is 18.2 Å². The highest BCUT2D eigenvalue weighted by Crippen LogP contribution is 2.12. The minimum atomic E-state index is 0.963. The number of rotatable bonds is 1. The molecule has 0 aromatic rings. The molecule has 64 valence electrons. The van der Waals surface area contributed by atoms with E-state index in [4.69, 9.17) is 0 Å². The highest BCUT2D eigenvalue weighted by atomic mass is 32.2. The molecule has 0 N–H and O–H groups in total. The Morgan fingerprint density at radius 3 is 2.83 bits per heavy atom. The third-order valence-electron chi connectivity index (χ3n) is 1.53. The second-order valence-electron chi connectivity index (χ2n) is 2.67. The minimum Gasteiger partial charge on any atom is -0.262 e. The van der Waals surface area contributed by atoms with Crippen molar-refractivity contribution in [1.82, 2.24) is 0 Å². The Bertz CT molecular complexity index is 281. The van der Waals surface area contributed by atoms with Crippen LogP contribution in [0.2, 0.25) is 0 Å². The first kappa shape index (κ1) is 9.26. The number of hydrogen-bond donors (Lipinski definition) is 0. The molecule has 0 radical (unpaired) electrons. The normalized spacial score (nSPS) is 18.9. The molecule has 12 heavy (non-hydrogen) atoms. The Kier molecular flexibility index (Phi) is 3.29. The largest absolute Gasteiger partial charge is 0.262 e. The summed E-state index contributed by atoms with van der Waals surface area (Å²) < 4.78 is 4.26. The molecule has 1 aliphatic rings. The standard InChI is InChI=1S/C9H12N2S/c1-7(2)8-4-5-10-6-9(8)11-12-3/h4-6H,1-3H3. The molecule has 1 heterocycles. The molecule has 0 unspecified atom stereocenters. The van der Waals surface area contributed by atoms with Gasteiger partial charge in [0.05, 0.1) is 11.9 Å². The Hall–Kier alpha value is -0.830. The number of allylic oxidation sites excluding steroid dienone is 3. The molecule has 0 amide bonds. The average Bonchev–Trinajstić information content (AvgIpc) is 2.05. The van der Waals surface area contributed by atoms with Gasteiger partial charge in [-0.2, -0.15) is 0 Å². The van der Waals surface area contributed by atoms with Crippen molar-refractivity contribution >= 4 is 23.9 Å². The van der Waals surface area contributed by atoms with Crippen LogP contribution >= 0.6 is 11.9 Å². The molecule has 0 aliphatic carbocycles. The lowest BCUT2D eigenvalue weighted by molar-refractivity contribution is 1.35. The van der Waals surface area contributed by atoms with E-state index in [-0.39, 0.29) is 0 Å². The highest BCUT2D eigenvalue weighted by molar-refractivity contribution is 7.97. The molecule has 0 saturated carbocycles. The average molecular weight is 180 g/mol. The Morgan fingerprint density at radius 2 is 2.25 bits per heavy atom. The third-order valence-corrected chi connectivity index (χ3v) is 1.91. The smallest absolute Gasteiger partial charge is 0.0967 e. The van der Waals surface area contributed by atoms with Crippen molar-refractivity contribution in [2.45, 2.75) is 13.8 Å². The first-order chi connectivity index (χ1) is 5.75. The zero-order valence-corrected chi connectivity index (χ0v) is 8.35. The molecule has 1 rings (SSSR count). The van der Waals surface area contributed by atoms with E-state index in [2.05, 4.69) is 23.2 Å². The molecule has 0 aromatic carbocycles. The summed E-state index contributed by atoms with van der Waals surface area (Å²) in [6.45, 7) is 4.16. The number of hydrogen-bond acceptors (Lipinski definition) is 3. The van der Waals surface area contributed by atoms with Gasteiger partial charge in [0.25, 0.3) is 0 Å². The summed E-state index contributed by atoms with van der Waals surface area (Å²) in [4.78, 5) is 4.03. The summed E-state index contributed by atoms with van der Waals surface area (Å²) in [7, 11) is 0. The molecule has 0 bridgehead atoms. The topological polar surface area (TPSA) is 24.7 Å². The molecule has 1 aliphatic heterocycles.